The summed E-state index contributed by atoms with van der Waals surface area (Å²) in [6.45, 7) is 1.41. The van der Waals surface area contributed by atoms with Crippen molar-refractivity contribution in [3.63, 3.8) is 0 Å². The van der Waals surface area contributed by atoms with Gasteiger partial charge in [0.1, 0.15) is 5.75 Å². The number of urea groups is 1. The van der Waals surface area contributed by atoms with Crippen LogP contribution in [0.4, 0.5) is 10.5 Å². The number of anilines is 1. The molecule has 5 nitrogen and oxygen atoms in total. The first kappa shape index (κ1) is 14.7. The zero-order valence-electron chi connectivity index (χ0n) is 11.2. The Bertz CT molecular complexity index is 509. The third-order valence-corrected chi connectivity index (χ3v) is 3.19. The lowest BCUT2D eigenvalue weighted by Crippen LogP contribution is -2.25. The van der Waals surface area contributed by atoms with Crippen LogP contribution in [0.2, 0.25) is 5.02 Å². The molecule has 0 spiro atoms. The van der Waals surface area contributed by atoms with E-state index in [9.17, 15) is 4.79 Å². The number of carbonyl (C=O) groups is 1. The maximum atomic E-state index is 11.8. The number of halogens is 1. The molecule has 1 fully saturated rings. The molecule has 0 aliphatic carbocycles. The Kier molecular flexibility index (Phi) is 5.26. The smallest absolute Gasteiger partial charge is 0.323 e. The number of amides is 2. The summed E-state index contributed by atoms with van der Waals surface area (Å²) in [6.07, 6.45) is 3.43. The summed E-state index contributed by atoms with van der Waals surface area (Å²) in [7, 11) is 1.54. The molecule has 0 atom stereocenters. The van der Waals surface area contributed by atoms with Gasteiger partial charge in [0.25, 0.3) is 0 Å². The number of rotatable bonds is 3. The van der Waals surface area contributed by atoms with E-state index >= 15 is 0 Å². The molecule has 2 amide bonds. The fraction of sp³-hybridized carbons (Fsp3) is 0.357. The van der Waals surface area contributed by atoms with E-state index in [1.807, 2.05) is 0 Å². The first-order valence-electron chi connectivity index (χ1n) is 6.36. The Morgan fingerprint density at radius 1 is 1.40 bits per heavy atom. The highest BCUT2D eigenvalue weighted by Crippen LogP contribution is 2.27. The van der Waals surface area contributed by atoms with Gasteiger partial charge in [-0.1, -0.05) is 11.6 Å². The van der Waals surface area contributed by atoms with Crippen LogP contribution in [0.25, 0.3) is 0 Å². The van der Waals surface area contributed by atoms with Gasteiger partial charge >= 0.3 is 6.03 Å². The van der Waals surface area contributed by atoms with Crippen molar-refractivity contribution in [1.29, 1.82) is 0 Å². The second kappa shape index (κ2) is 7.17. The molecular weight excluding hydrogens is 280 g/mol. The predicted octanol–water partition coefficient (Wildman–Crippen LogP) is 3.16. The van der Waals surface area contributed by atoms with Crippen molar-refractivity contribution < 1.29 is 14.3 Å². The zero-order valence-corrected chi connectivity index (χ0v) is 12.0. The molecule has 0 aromatic heterocycles. The Balaban J connectivity index is 1.95. The maximum absolute atomic E-state index is 11.8. The van der Waals surface area contributed by atoms with Gasteiger partial charge < -0.3 is 20.1 Å². The number of carbonyl (C=O) groups excluding carboxylic acids is 1. The van der Waals surface area contributed by atoms with Crippen LogP contribution < -0.4 is 15.4 Å². The second-order valence-corrected chi connectivity index (χ2v) is 4.79. The molecule has 0 radical (unpaired) electrons. The molecular formula is C14H17ClN2O3. The van der Waals surface area contributed by atoms with Crippen LogP contribution >= 0.6 is 11.6 Å². The van der Waals surface area contributed by atoms with E-state index in [0.717, 1.165) is 12.8 Å². The third-order valence-electron chi connectivity index (χ3n) is 2.95. The van der Waals surface area contributed by atoms with E-state index in [0.29, 0.717) is 29.7 Å². The molecule has 20 heavy (non-hydrogen) atoms. The van der Waals surface area contributed by atoms with E-state index in [2.05, 4.69) is 10.6 Å². The van der Waals surface area contributed by atoms with Crippen molar-refractivity contribution in [2.24, 2.45) is 0 Å². The van der Waals surface area contributed by atoms with Crippen LogP contribution in [0.15, 0.2) is 30.0 Å². The molecule has 0 unspecified atom stereocenters. The van der Waals surface area contributed by atoms with E-state index in [4.69, 9.17) is 21.1 Å². The van der Waals surface area contributed by atoms with Gasteiger partial charge in [-0.25, -0.2) is 4.79 Å². The molecule has 2 rings (SSSR count). The molecule has 2 N–H and O–H groups in total. The maximum Gasteiger partial charge on any atom is 0.323 e. The SMILES string of the molecule is COc1ccc(Cl)cc1NC(=O)NC=C1CCOCC1. The average Bonchev–Trinajstić information content (AvgIpc) is 2.46. The van der Waals surface area contributed by atoms with Crippen molar-refractivity contribution in [3.8, 4) is 5.75 Å². The lowest BCUT2D eigenvalue weighted by Gasteiger charge is -2.15. The molecule has 108 valence electrons. The largest absolute Gasteiger partial charge is 0.495 e. The quantitative estimate of drug-likeness (QED) is 0.901. The summed E-state index contributed by atoms with van der Waals surface area (Å²) in [5.74, 6) is 0.559. The zero-order chi connectivity index (χ0) is 14.4. The Labute approximate surface area is 122 Å². The number of hydrogen-bond donors (Lipinski definition) is 2. The summed E-state index contributed by atoms with van der Waals surface area (Å²) in [5, 5.41) is 5.94. The Morgan fingerprint density at radius 3 is 2.85 bits per heavy atom. The van der Waals surface area contributed by atoms with Crippen LogP contribution in [-0.4, -0.2) is 26.4 Å². The highest BCUT2D eigenvalue weighted by molar-refractivity contribution is 6.31. The molecule has 1 saturated heterocycles. The molecule has 1 aliphatic rings. The van der Waals surface area contributed by atoms with E-state index in [-0.39, 0.29) is 6.03 Å². The van der Waals surface area contributed by atoms with Crippen molar-refractivity contribution in [1.82, 2.24) is 5.32 Å². The van der Waals surface area contributed by atoms with Gasteiger partial charge in [-0.05, 0) is 36.6 Å². The van der Waals surface area contributed by atoms with Crippen molar-refractivity contribution in [3.05, 3.63) is 35.0 Å². The molecule has 6 heteroatoms. The number of ether oxygens (including phenoxy) is 2. The number of benzene rings is 1. The van der Waals surface area contributed by atoms with E-state index in [1.165, 1.54) is 12.7 Å². The predicted molar refractivity (Wildman–Crippen MR) is 78.3 cm³/mol. The number of methoxy groups -OCH3 is 1. The highest BCUT2D eigenvalue weighted by atomic mass is 35.5. The summed E-state index contributed by atoms with van der Waals surface area (Å²) < 4.78 is 10.4. The lowest BCUT2D eigenvalue weighted by molar-refractivity contribution is 0.119. The minimum absolute atomic E-state index is 0.329. The summed E-state index contributed by atoms with van der Waals surface area (Å²) in [6, 6.07) is 4.72. The standard InChI is InChI=1S/C14H17ClN2O3/c1-19-13-3-2-11(15)8-12(13)17-14(18)16-9-10-4-6-20-7-5-10/h2-3,8-9H,4-7H2,1H3,(H2,16,17,18). The van der Waals surface area contributed by atoms with E-state index in [1.54, 1.807) is 24.4 Å². The number of hydrogen-bond acceptors (Lipinski definition) is 3. The third kappa shape index (κ3) is 4.15. The van der Waals surface area contributed by atoms with Gasteiger partial charge in [-0.15, -0.1) is 0 Å². The normalized spacial score (nSPS) is 14.6. The van der Waals surface area contributed by atoms with Gasteiger partial charge in [-0.2, -0.15) is 0 Å². The Morgan fingerprint density at radius 2 is 2.15 bits per heavy atom. The first-order chi connectivity index (χ1) is 9.69. The minimum atomic E-state index is -0.329. The van der Waals surface area contributed by atoms with Gasteiger partial charge in [0.15, 0.2) is 0 Å². The van der Waals surface area contributed by atoms with Gasteiger partial charge in [0.2, 0.25) is 0 Å². The Hall–Kier alpha value is -1.72. The summed E-state index contributed by atoms with van der Waals surface area (Å²) in [4.78, 5) is 11.8. The van der Waals surface area contributed by atoms with Crippen LogP contribution in [0, 0.1) is 0 Å². The lowest BCUT2D eigenvalue weighted by atomic mass is 10.1. The fourth-order valence-corrected chi connectivity index (χ4v) is 2.05. The van der Waals surface area contributed by atoms with Crippen LogP contribution in [0.3, 0.4) is 0 Å². The monoisotopic (exact) mass is 296 g/mol. The van der Waals surface area contributed by atoms with Crippen molar-refractivity contribution in [2.75, 3.05) is 25.6 Å². The molecule has 1 aromatic rings. The highest BCUT2D eigenvalue weighted by Gasteiger charge is 2.09. The van der Waals surface area contributed by atoms with Crippen molar-refractivity contribution in [2.45, 2.75) is 12.8 Å². The van der Waals surface area contributed by atoms with Crippen LogP contribution in [0.5, 0.6) is 5.75 Å². The topological polar surface area (TPSA) is 59.6 Å². The first-order valence-corrected chi connectivity index (χ1v) is 6.73. The second-order valence-electron chi connectivity index (χ2n) is 4.36. The summed E-state index contributed by atoms with van der Waals surface area (Å²) in [5.41, 5.74) is 1.70. The van der Waals surface area contributed by atoms with E-state index < -0.39 is 0 Å². The number of nitrogens with one attached hydrogen (secondary N) is 2. The van der Waals surface area contributed by atoms with Gasteiger partial charge in [0, 0.05) is 11.2 Å². The molecule has 1 aliphatic heterocycles. The van der Waals surface area contributed by atoms with Gasteiger partial charge in [-0.3, -0.25) is 0 Å². The minimum Gasteiger partial charge on any atom is -0.495 e. The fourth-order valence-electron chi connectivity index (χ4n) is 1.88. The molecule has 1 heterocycles. The molecule has 0 bridgehead atoms. The summed E-state index contributed by atoms with van der Waals surface area (Å²) >= 11 is 5.90. The molecule has 1 aromatic carbocycles. The van der Waals surface area contributed by atoms with Crippen LogP contribution in [-0.2, 0) is 4.74 Å². The average molecular weight is 297 g/mol. The van der Waals surface area contributed by atoms with Crippen molar-refractivity contribution >= 4 is 23.3 Å². The van der Waals surface area contributed by atoms with Crippen LogP contribution in [0.1, 0.15) is 12.8 Å². The molecule has 0 saturated carbocycles. The van der Waals surface area contributed by atoms with Gasteiger partial charge in [0.05, 0.1) is 26.0 Å².